The lowest BCUT2D eigenvalue weighted by molar-refractivity contribution is -0.127. The minimum absolute atomic E-state index is 0.0450. The molecular weight excluding hydrogens is 334 g/mol. The predicted octanol–water partition coefficient (Wildman–Crippen LogP) is 5.80. The van der Waals surface area contributed by atoms with Crippen molar-refractivity contribution in [3.8, 4) is 0 Å². The SMILES string of the molecule is CC[C@]12CCC3C(CC4(CC4)C4=CC(N=O)CC[C@@H]43)C1CC[C@@]21C=CCO1. The first kappa shape index (κ1) is 16.9. The number of nitroso groups, excluding NO2 is 1. The molecule has 4 fully saturated rings. The lowest BCUT2D eigenvalue weighted by Crippen LogP contribution is -2.54. The molecule has 1 aliphatic heterocycles. The van der Waals surface area contributed by atoms with Gasteiger partial charge in [-0.15, -0.1) is 0 Å². The summed E-state index contributed by atoms with van der Waals surface area (Å²) >= 11 is 0. The molecule has 4 unspecified atom stereocenters. The molecular formula is C24H33NO2. The number of rotatable bonds is 2. The second-order valence-electron chi connectivity index (χ2n) is 10.6. The first-order valence-corrected chi connectivity index (χ1v) is 11.5. The largest absolute Gasteiger partial charge is 0.366 e. The van der Waals surface area contributed by atoms with E-state index in [2.05, 4.69) is 30.3 Å². The van der Waals surface area contributed by atoms with Crippen molar-refractivity contribution in [2.45, 2.75) is 82.8 Å². The third kappa shape index (κ3) is 2.02. The van der Waals surface area contributed by atoms with Gasteiger partial charge in [-0.2, -0.15) is 4.91 Å². The van der Waals surface area contributed by atoms with E-state index < -0.39 is 0 Å². The van der Waals surface area contributed by atoms with E-state index in [1.54, 1.807) is 5.57 Å². The van der Waals surface area contributed by atoms with Gasteiger partial charge in [-0.05, 0) is 93.3 Å². The molecule has 0 amide bonds. The van der Waals surface area contributed by atoms with Crippen LogP contribution in [-0.4, -0.2) is 18.2 Å². The smallest absolute Gasteiger partial charge is 0.110 e. The van der Waals surface area contributed by atoms with E-state index in [9.17, 15) is 4.91 Å². The molecule has 1 heterocycles. The van der Waals surface area contributed by atoms with Crippen LogP contribution >= 0.6 is 0 Å². The fourth-order valence-corrected chi connectivity index (χ4v) is 8.88. The molecule has 146 valence electrons. The zero-order valence-electron chi connectivity index (χ0n) is 16.7. The summed E-state index contributed by atoms with van der Waals surface area (Å²) in [5.41, 5.74) is 2.55. The summed E-state index contributed by atoms with van der Waals surface area (Å²) in [5, 5.41) is 3.41. The van der Waals surface area contributed by atoms with Gasteiger partial charge >= 0.3 is 0 Å². The van der Waals surface area contributed by atoms with Gasteiger partial charge in [0.15, 0.2) is 0 Å². The Balaban J connectivity index is 1.39. The summed E-state index contributed by atoms with van der Waals surface area (Å²) in [7, 11) is 0. The van der Waals surface area contributed by atoms with Crippen LogP contribution < -0.4 is 0 Å². The highest BCUT2D eigenvalue weighted by molar-refractivity contribution is 5.34. The van der Waals surface area contributed by atoms with Crippen LogP contribution in [0.1, 0.15) is 71.1 Å². The fraction of sp³-hybridized carbons (Fsp3) is 0.833. The lowest BCUT2D eigenvalue weighted by atomic mass is 9.47. The quantitative estimate of drug-likeness (QED) is 0.457. The van der Waals surface area contributed by atoms with E-state index >= 15 is 0 Å². The molecule has 6 rings (SSSR count). The maximum absolute atomic E-state index is 11.2. The van der Waals surface area contributed by atoms with Crippen molar-refractivity contribution in [2.24, 2.45) is 39.7 Å². The van der Waals surface area contributed by atoms with Gasteiger partial charge in [-0.1, -0.05) is 35.9 Å². The van der Waals surface area contributed by atoms with Gasteiger partial charge in [0.2, 0.25) is 0 Å². The van der Waals surface area contributed by atoms with Crippen LogP contribution in [0.25, 0.3) is 0 Å². The zero-order chi connectivity index (χ0) is 18.3. The summed E-state index contributed by atoms with van der Waals surface area (Å²) in [6.07, 6.45) is 19.9. The van der Waals surface area contributed by atoms with E-state index in [0.29, 0.717) is 10.8 Å². The summed E-state index contributed by atoms with van der Waals surface area (Å²) in [6, 6.07) is -0.0460. The molecule has 0 radical (unpaired) electrons. The molecule has 6 aliphatic rings. The second-order valence-corrected chi connectivity index (χ2v) is 10.6. The van der Waals surface area contributed by atoms with E-state index in [1.165, 1.54) is 57.8 Å². The van der Waals surface area contributed by atoms with Gasteiger partial charge in [0.25, 0.3) is 0 Å². The maximum atomic E-state index is 11.2. The molecule has 3 heteroatoms. The Kier molecular flexibility index (Phi) is 3.49. The average Bonchev–Trinajstić information content (AvgIpc) is 3.18. The zero-order valence-corrected chi connectivity index (χ0v) is 16.7. The molecule has 0 aromatic heterocycles. The van der Waals surface area contributed by atoms with Crippen molar-refractivity contribution in [1.82, 2.24) is 0 Å². The molecule has 4 saturated carbocycles. The van der Waals surface area contributed by atoms with Crippen molar-refractivity contribution >= 4 is 0 Å². The third-order valence-electron chi connectivity index (χ3n) is 10.1. The van der Waals surface area contributed by atoms with Gasteiger partial charge in [0.1, 0.15) is 6.04 Å². The van der Waals surface area contributed by atoms with Gasteiger partial charge < -0.3 is 4.74 Å². The third-order valence-corrected chi connectivity index (χ3v) is 10.1. The molecule has 3 nitrogen and oxygen atoms in total. The minimum atomic E-state index is -0.0460. The summed E-state index contributed by atoms with van der Waals surface area (Å²) in [4.78, 5) is 11.2. The van der Waals surface area contributed by atoms with Gasteiger partial charge in [-0.25, -0.2) is 0 Å². The molecule has 0 bridgehead atoms. The fourth-order valence-electron chi connectivity index (χ4n) is 8.88. The molecule has 2 spiro atoms. The number of fused-ring (bicyclic) bond motifs is 7. The molecule has 0 saturated heterocycles. The summed E-state index contributed by atoms with van der Waals surface area (Å²) < 4.78 is 6.48. The summed E-state index contributed by atoms with van der Waals surface area (Å²) in [5.74, 6) is 3.31. The molecule has 0 N–H and O–H groups in total. The van der Waals surface area contributed by atoms with Crippen LogP contribution in [0.4, 0.5) is 0 Å². The molecule has 0 aromatic carbocycles. The Hall–Kier alpha value is -0.960. The van der Waals surface area contributed by atoms with Crippen LogP contribution in [-0.2, 0) is 4.74 Å². The van der Waals surface area contributed by atoms with Crippen molar-refractivity contribution in [3.05, 3.63) is 28.7 Å². The highest BCUT2D eigenvalue weighted by Crippen LogP contribution is 2.73. The normalized spacial score (nSPS) is 51.6. The highest BCUT2D eigenvalue weighted by Gasteiger charge is 2.67. The van der Waals surface area contributed by atoms with Crippen LogP contribution in [0.3, 0.4) is 0 Å². The Bertz CT molecular complexity index is 722. The van der Waals surface area contributed by atoms with Crippen LogP contribution in [0.5, 0.6) is 0 Å². The first-order chi connectivity index (χ1) is 13.2. The van der Waals surface area contributed by atoms with Gasteiger partial charge in [0, 0.05) is 5.41 Å². The minimum Gasteiger partial charge on any atom is -0.366 e. The number of allylic oxidation sites excluding steroid dienone is 1. The van der Waals surface area contributed by atoms with Crippen molar-refractivity contribution < 1.29 is 4.74 Å². The van der Waals surface area contributed by atoms with Crippen LogP contribution in [0.15, 0.2) is 29.0 Å². The van der Waals surface area contributed by atoms with Gasteiger partial charge in [0.05, 0.1) is 12.2 Å². The van der Waals surface area contributed by atoms with E-state index in [4.69, 9.17) is 4.74 Å². The standard InChI is InChI=1S/C24H33NO2/c1-2-23-9-6-17-18-5-4-16(25-26)14-21(18)22(11-12-22)15-19(17)20(23)7-10-24(23)8-3-13-27-24/h3,8,14,16-20H,2,4-7,9-13,15H2,1H3/t16?,17?,18-,19?,20?,23+,24+/m1/s1. The Morgan fingerprint density at radius 3 is 2.70 bits per heavy atom. The monoisotopic (exact) mass is 367 g/mol. The van der Waals surface area contributed by atoms with Crippen molar-refractivity contribution in [3.63, 3.8) is 0 Å². The number of hydrogen-bond acceptors (Lipinski definition) is 3. The maximum Gasteiger partial charge on any atom is 0.110 e. The Morgan fingerprint density at radius 1 is 1.11 bits per heavy atom. The highest BCUT2D eigenvalue weighted by atomic mass is 16.5. The van der Waals surface area contributed by atoms with Gasteiger partial charge in [-0.3, -0.25) is 0 Å². The lowest BCUT2D eigenvalue weighted by Gasteiger charge is -2.58. The average molecular weight is 368 g/mol. The molecule has 7 atom stereocenters. The number of hydrogen-bond donors (Lipinski definition) is 0. The topological polar surface area (TPSA) is 38.7 Å². The number of nitrogens with zero attached hydrogens (tertiary/aromatic N) is 1. The second kappa shape index (κ2) is 5.55. The molecule has 27 heavy (non-hydrogen) atoms. The van der Waals surface area contributed by atoms with Crippen molar-refractivity contribution in [1.29, 1.82) is 0 Å². The molecule has 0 aromatic rings. The first-order valence-electron chi connectivity index (χ1n) is 11.5. The summed E-state index contributed by atoms with van der Waals surface area (Å²) in [6.45, 7) is 3.25. The van der Waals surface area contributed by atoms with Crippen LogP contribution in [0, 0.1) is 39.4 Å². The van der Waals surface area contributed by atoms with E-state index in [1.807, 2.05) is 0 Å². The number of ether oxygens (including phenoxy) is 1. The Morgan fingerprint density at radius 2 is 2.00 bits per heavy atom. The van der Waals surface area contributed by atoms with Crippen molar-refractivity contribution in [2.75, 3.05) is 6.61 Å². The van der Waals surface area contributed by atoms with Crippen LogP contribution in [0.2, 0.25) is 0 Å². The predicted molar refractivity (Wildman–Crippen MR) is 106 cm³/mol. The molecule has 5 aliphatic carbocycles. The van der Waals surface area contributed by atoms with E-state index in [0.717, 1.165) is 36.7 Å². The van der Waals surface area contributed by atoms with E-state index in [-0.39, 0.29) is 11.6 Å². The Labute approximate surface area is 163 Å².